The summed E-state index contributed by atoms with van der Waals surface area (Å²) in [5.74, 6) is 0.889. The van der Waals surface area contributed by atoms with Crippen LogP contribution in [0.15, 0.2) is 58.0 Å². The number of benzene rings is 1. The number of rotatable bonds is 12. The van der Waals surface area contributed by atoms with E-state index in [2.05, 4.69) is 83.1 Å². The molecule has 0 radical (unpaired) electrons. The van der Waals surface area contributed by atoms with Crippen LogP contribution in [0.1, 0.15) is 58.9 Å². The summed E-state index contributed by atoms with van der Waals surface area (Å²) in [4.78, 5) is 19.7. The van der Waals surface area contributed by atoms with E-state index in [0.29, 0.717) is 12.3 Å². The zero-order chi connectivity index (χ0) is 40.9. The van der Waals surface area contributed by atoms with E-state index in [1.54, 1.807) is 7.11 Å². The number of aromatic amines is 1. The molecular formula is C42H78N8O6. The van der Waals surface area contributed by atoms with Crippen LogP contribution in [-0.2, 0) is 27.1 Å². The number of ether oxygens (including phenoxy) is 4. The first-order valence-corrected chi connectivity index (χ1v) is 20.9. The number of likely N-dealkylation sites (N-methyl/N-ethyl adjacent to an activating group) is 2. The summed E-state index contributed by atoms with van der Waals surface area (Å²) in [6.45, 7) is 30.5. The predicted molar refractivity (Wildman–Crippen MR) is 229 cm³/mol. The molecule has 4 saturated heterocycles. The first-order valence-electron chi connectivity index (χ1n) is 20.9. The summed E-state index contributed by atoms with van der Waals surface area (Å²) in [6.07, 6.45) is 12.7. The molecule has 0 spiro atoms. The fraction of sp³-hybridized carbons (Fsp3) is 0.714. The molecule has 0 atom stereocenters. The summed E-state index contributed by atoms with van der Waals surface area (Å²) in [6, 6.07) is 8.17. The Morgan fingerprint density at radius 2 is 1.32 bits per heavy atom. The van der Waals surface area contributed by atoms with Crippen molar-refractivity contribution in [2.24, 2.45) is 0 Å². The number of nitrogens with one attached hydrogen (secondary N) is 3. The van der Waals surface area contributed by atoms with Gasteiger partial charge in [-0.3, -0.25) is 9.80 Å². The van der Waals surface area contributed by atoms with Crippen molar-refractivity contribution in [3.05, 3.63) is 70.8 Å². The van der Waals surface area contributed by atoms with Crippen LogP contribution in [-0.4, -0.2) is 169 Å². The Labute approximate surface area is 338 Å². The highest BCUT2D eigenvalue weighted by Crippen LogP contribution is 2.11. The monoisotopic (exact) mass is 791 g/mol. The van der Waals surface area contributed by atoms with Crippen molar-refractivity contribution < 1.29 is 23.4 Å². The summed E-state index contributed by atoms with van der Waals surface area (Å²) in [7, 11) is 3.64. The first-order chi connectivity index (χ1) is 27.4. The number of nitrogens with zero attached hydrogens (tertiary/aromatic N) is 5. The van der Waals surface area contributed by atoms with Crippen LogP contribution in [0, 0.1) is 0 Å². The molecule has 4 aliphatic rings. The van der Waals surface area contributed by atoms with Gasteiger partial charge in [-0.15, -0.1) is 5.10 Å². The largest absolute Gasteiger partial charge is 0.497 e. The summed E-state index contributed by atoms with van der Waals surface area (Å²) < 4.78 is 25.1. The number of hydrogen-bond donors (Lipinski definition) is 3. The van der Waals surface area contributed by atoms with Crippen LogP contribution >= 0.6 is 0 Å². The third-order valence-corrected chi connectivity index (χ3v) is 9.17. The van der Waals surface area contributed by atoms with Crippen molar-refractivity contribution in [2.45, 2.75) is 60.3 Å². The number of morpholine rings is 3. The lowest BCUT2D eigenvalue weighted by Gasteiger charge is -2.26. The molecule has 6 rings (SSSR count). The van der Waals surface area contributed by atoms with E-state index in [1.807, 2.05) is 52.2 Å². The number of aromatic nitrogens is 2. The Hall–Kier alpha value is -3.24. The minimum Gasteiger partial charge on any atom is -0.497 e. The van der Waals surface area contributed by atoms with Crippen molar-refractivity contribution in [3.8, 4) is 5.75 Å². The Balaban J connectivity index is 0.000000340. The molecule has 14 nitrogen and oxygen atoms in total. The van der Waals surface area contributed by atoms with Crippen molar-refractivity contribution in [3.63, 3.8) is 0 Å². The summed E-state index contributed by atoms with van der Waals surface area (Å²) in [5.41, 5.74) is 1.34. The molecule has 4 aliphatic heterocycles. The molecule has 56 heavy (non-hydrogen) atoms. The molecule has 3 N–H and O–H groups in total. The number of likely N-dealkylation sites (tertiary alicyclic amines) is 1. The van der Waals surface area contributed by atoms with Crippen LogP contribution in [0.5, 0.6) is 5.75 Å². The average Bonchev–Trinajstić information content (AvgIpc) is 3.96. The molecule has 0 aliphatic carbocycles. The minimum absolute atomic E-state index is 0.454. The zero-order valence-corrected chi connectivity index (χ0v) is 36.1. The SMILES string of the molecule is CC=CN1CCOCC1.CC=CNCCN1CCOCC1.CCN1CCCC1.CCN1CCOCC1.CCc1n[nH]c(=O)o1.CNCCc1ccc(OC)cc1. The normalized spacial score (nSPS) is 17.5. The van der Waals surface area contributed by atoms with Crippen LogP contribution in [0.2, 0.25) is 0 Å². The lowest BCUT2D eigenvalue weighted by molar-refractivity contribution is 0.0388. The van der Waals surface area contributed by atoms with Crippen molar-refractivity contribution in [1.29, 1.82) is 0 Å². The summed E-state index contributed by atoms with van der Waals surface area (Å²) >= 11 is 0. The number of methoxy groups -OCH3 is 1. The van der Waals surface area contributed by atoms with Crippen LogP contribution in [0.4, 0.5) is 0 Å². The second kappa shape index (κ2) is 36.1. The molecule has 1 aromatic heterocycles. The molecule has 0 bridgehead atoms. The molecule has 5 heterocycles. The van der Waals surface area contributed by atoms with Gasteiger partial charge in [0.05, 0.1) is 46.8 Å². The van der Waals surface area contributed by atoms with Gasteiger partial charge in [0.15, 0.2) is 0 Å². The van der Waals surface area contributed by atoms with E-state index in [1.165, 1.54) is 44.6 Å². The van der Waals surface area contributed by atoms with Gasteiger partial charge in [0, 0.05) is 58.8 Å². The fourth-order valence-electron chi connectivity index (χ4n) is 5.68. The third-order valence-electron chi connectivity index (χ3n) is 9.17. The van der Waals surface area contributed by atoms with Gasteiger partial charge >= 0.3 is 5.76 Å². The van der Waals surface area contributed by atoms with Gasteiger partial charge in [-0.2, -0.15) is 0 Å². The smallest absolute Gasteiger partial charge is 0.434 e. The van der Waals surface area contributed by atoms with E-state index in [9.17, 15) is 4.79 Å². The molecule has 14 heteroatoms. The topological polar surface area (TPSA) is 133 Å². The molecular weight excluding hydrogens is 713 g/mol. The molecule has 0 saturated carbocycles. The lowest BCUT2D eigenvalue weighted by Crippen LogP contribution is -2.39. The molecule has 0 amide bonds. The van der Waals surface area contributed by atoms with Gasteiger partial charge in [-0.05, 0) is 103 Å². The maximum atomic E-state index is 10.2. The van der Waals surface area contributed by atoms with E-state index >= 15 is 0 Å². The summed E-state index contributed by atoms with van der Waals surface area (Å²) in [5, 5.41) is 12.0. The van der Waals surface area contributed by atoms with Gasteiger partial charge in [0.25, 0.3) is 0 Å². The maximum Gasteiger partial charge on any atom is 0.434 e. The third kappa shape index (κ3) is 27.4. The number of H-pyrrole nitrogens is 1. The minimum atomic E-state index is -0.484. The lowest BCUT2D eigenvalue weighted by atomic mass is 10.1. The van der Waals surface area contributed by atoms with Crippen LogP contribution < -0.4 is 21.1 Å². The Morgan fingerprint density at radius 1 is 0.768 bits per heavy atom. The van der Waals surface area contributed by atoms with Crippen molar-refractivity contribution in [1.82, 2.24) is 40.4 Å². The van der Waals surface area contributed by atoms with Gasteiger partial charge < -0.3 is 43.8 Å². The highest BCUT2D eigenvalue weighted by Gasteiger charge is 2.09. The van der Waals surface area contributed by atoms with E-state index in [-0.39, 0.29) is 0 Å². The van der Waals surface area contributed by atoms with Crippen LogP contribution in [0.3, 0.4) is 0 Å². The molecule has 2 aromatic rings. The Kier molecular flexibility index (Phi) is 32.8. The van der Waals surface area contributed by atoms with E-state index in [0.717, 1.165) is 111 Å². The molecule has 1 aromatic carbocycles. The average molecular weight is 791 g/mol. The highest BCUT2D eigenvalue weighted by molar-refractivity contribution is 5.27. The van der Waals surface area contributed by atoms with E-state index in [4.69, 9.17) is 18.9 Å². The fourth-order valence-corrected chi connectivity index (χ4v) is 5.68. The van der Waals surface area contributed by atoms with Gasteiger partial charge in [0.2, 0.25) is 5.89 Å². The maximum absolute atomic E-state index is 10.2. The van der Waals surface area contributed by atoms with Crippen molar-refractivity contribution in [2.75, 3.05) is 139 Å². The van der Waals surface area contributed by atoms with Crippen molar-refractivity contribution >= 4 is 0 Å². The number of hydrogen-bond acceptors (Lipinski definition) is 13. The van der Waals surface area contributed by atoms with E-state index < -0.39 is 5.76 Å². The second-order valence-electron chi connectivity index (χ2n) is 13.3. The second-order valence-corrected chi connectivity index (χ2v) is 13.3. The molecule has 0 unspecified atom stereocenters. The van der Waals surface area contributed by atoms with Gasteiger partial charge in [-0.1, -0.05) is 45.1 Å². The zero-order valence-electron chi connectivity index (χ0n) is 36.1. The first kappa shape index (κ1) is 50.8. The predicted octanol–water partition coefficient (Wildman–Crippen LogP) is 4.12. The Bertz CT molecular complexity index is 1230. The van der Waals surface area contributed by atoms with Crippen LogP contribution in [0.25, 0.3) is 0 Å². The Morgan fingerprint density at radius 3 is 1.73 bits per heavy atom. The number of aryl methyl sites for hydroxylation is 1. The standard InChI is InChI=1S/C10H15NO.C9H18N2O.C7H13NO.C6H13NO.C6H13N.C4H6N2O2/c1-11-8-7-9-3-5-10(12-2)6-4-9;1-2-3-10-4-5-11-6-8-12-9-7-11;1-2-3-8-4-6-9-7-5-8;1-2-7-3-5-8-6-4-7;1-2-7-5-3-4-6-7;1-2-3-5-6-4(7)8-3/h3-6,11H,7-8H2,1-2H3;2-3,10H,4-9H2,1H3;2-3H,4-7H2,1H3;2-6H2,1H3;2-6H2,1H3;2H2,1H3,(H,6,7). The quantitative estimate of drug-likeness (QED) is 0.267. The van der Waals surface area contributed by atoms with Gasteiger partial charge in [0.1, 0.15) is 5.75 Å². The highest BCUT2D eigenvalue weighted by atomic mass is 16.5. The van der Waals surface area contributed by atoms with Gasteiger partial charge in [-0.25, -0.2) is 9.89 Å². The molecule has 322 valence electrons. The number of allylic oxidation sites excluding steroid dienone is 2. The molecule has 4 fully saturated rings.